The summed E-state index contributed by atoms with van der Waals surface area (Å²) >= 11 is 0. The molecule has 0 spiro atoms. The Hall–Kier alpha value is -2.04. The summed E-state index contributed by atoms with van der Waals surface area (Å²) in [6.45, 7) is 4.22. The van der Waals surface area contributed by atoms with Crippen molar-refractivity contribution in [1.29, 1.82) is 0 Å². The molecule has 1 unspecified atom stereocenters. The Morgan fingerprint density at radius 3 is 2.63 bits per heavy atom. The zero-order valence-electron chi connectivity index (χ0n) is 11.3. The normalized spacial score (nSPS) is 11.7. The molecule has 5 heteroatoms. The van der Waals surface area contributed by atoms with E-state index in [4.69, 9.17) is 5.11 Å². The van der Waals surface area contributed by atoms with Gasteiger partial charge in [-0.25, -0.2) is 4.79 Å². The molecular weight excluding hydrogens is 244 g/mol. The lowest BCUT2D eigenvalue weighted by Gasteiger charge is -2.13. The van der Waals surface area contributed by atoms with Crippen LogP contribution in [0.4, 0.5) is 4.79 Å². The lowest BCUT2D eigenvalue weighted by Crippen LogP contribution is -2.42. The minimum atomic E-state index is -0.923. The van der Waals surface area contributed by atoms with Gasteiger partial charge in [-0.05, 0) is 31.4 Å². The number of aryl methyl sites for hydroxylation is 1. The molecule has 1 aromatic carbocycles. The molecule has 0 saturated carbocycles. The van der Waals surface area contributed by atoms with Crippen LogP contribution in [0.3, 0.4) is 0 Å². The Morgan fingerprint density at radius 2 is 2.00 bits per heavy atom. The molecule has 19 heavy (non-hydrogen) atoms. The van der Waals surface area contributed by atoms with Crippen LogP contribution in [0, 0.1) is 6.92 Å². The van der Waals surface area contributed by atoms with Crippen molar-refractivity contribution in [2.24, 2.45) is 0 Å². The summed E-state index contributed by atoms with van der Waals surface area (Å²) in [4.78, 5) is 22.0. The minimum Gasteiger partial charge on any atom is -0.481 e. The number of carbonyl (C=O) groups excluding carboxylic acids is 1. The van der Waals surface area contributed by atoms with E-state index in [0.29, 0.717) is 6.54 Å². The highest BCUT2D eigenvalue weighted by molar-refractivity contribution is 5.75. The van der Waals surface area contributed by atoms with Crippen LogP contribution in [-0.2, 0) is 11.2 Å². The Morgan fingerprint density at radius 1 is 1.32 bits per heavy atom. The Balaban J connectivity index is 2.28. The van der Waals surface area contributed by atoms with Gasteiger partial charge in [-0.2, -0.15) is 0 Å². The van der Waals surface area contributed by atoms with Gasteiger partial charge in [0.05, 0.1) is 6.42 Å². The summed E-state index contributed by atoms with van der Waals surface area (Å²) < 4.78 is 0. The number of carboxylic acids is 1. The Bertz CT molecular complexity index is 446. The summed E-state index contributed by atoms with van der Waals surface area (Å²) in [7, 11) is 0. The van der Waals surface area contributed by atoms with Gasteiger partial charge in [0, 0.05) is 12.6 Å². The van der Waals surface area contributed by atoms with Crippen molar-refractivity contribution in [3.8, 4) is 0 Å². The molecule has 0 heterocycles. The van der Waals surface area contributed by atoms with Crippen LogP contribution >= 0.6 is 0 Å². The number of amides is 2. The first kappa shape index (κ1) is 15.0. The predicted molar refractivity (Wildman–Crippen MR) is 73.1 cm³/mol. The summed E-state index contributed by atoms with van der Waals surface area (Å²) in [6, 6.07) is 7.30. The molecule has 5 nitrogen and oxygen atoms in total. The van der Waals surface area contributed by atoms with E-state index in [1.807, 2.05) is 31.2 Å². The van der Waals surface area contributed by atoms with E-state index in [1.54, 1.807) is 6.92 Å². The second-order valence-corrected chi connectivity index (χ2v) is 4.58. The highest BCUT2D eigenvalue weighted by Crippen LogP contribution is 2.06. The van der Waals surface area contributed by atoms with Gasteiger partial charge in [-0.3, -0.25) is 4.79 Å². The first-order valence-corrected chi connectivity index (χ1v) is 6.29. The van der Waals surface area contributed by atoms with Crippen molar-refractivity contribution in [3.63, 3.8) is 0 Å². The number of hydrogen-bond acceptors (Lipinski definition) is 2. The molecule has 0 fully saturated rings. The minimum absolute atomic E-state index is 0.0782. The maximum absolute atomic E-state index is 11.5. The fraction of sp³-hybridized carbons (Fsp3) is 0.429. The molecular formula is C14H20N2O3. The third kappa shape index (κ3) is 5.90. The zero-order valence-corrected chi connectivity index (χ0v) is 11.3. The number of benzene rings is 1. The molecule has 0 radical (unpaired) electrons. The van der Waals surface area contributed by atoms with Gasteiger partial charge in [-0.15, -0.1) is 0 Å². The number of carboxylic acid groups (broad SMARTS) is 1. The van der Waals surface area contributed by atoms with Crippen molar-refractivity contribution in [3.05, 3.63) is 35.4 Å². The maximum atomic E-state index is 11.5. The fourth-order valence-corrected chi connectivity index (χ4v) is 1.79. The standard InChI is InChI=1S/C14H20N2O3/c1-10-5-3-4-6-12(10)7-8-15-14(19)16-11(2)9-13(17)18/h3-6,11H,7-9H2,1-2H3,(H,17,18)(H2,15,16,19). The molecule has 1 rings (SSSR count). The molecule has 0 aliphatic heterocycles. The highest BCUT2D eigenvalue weighted by atomic mass is 16.4. The van der Waals surface area contributed by atoms with Crippen LogP contribution in [0.5, 0.6) is 0 Å². The van der Waals surface area contributed by atoms with Crippen LogP contribution in [-0.4, -0.2) is 29.7 Å². The monoisotopic (exact) mass is 264 g/mol. The van der Waals surface area contributed by atoms with Crippen LogP contribution in [0.25, 0.3) is 0 Å². The number of carbonyl (C=O) groups is 2. The zero-order chi connectivity index (χ0) is 14.3. The molecule has 0 aliphatic carbocycles. The van der Waals surface area contributed by atoms with Crippen molar-refractivity contribution >= 4 is 12.0 Å². The van der Waals surface area contributed by atoms with Crippen LogP contribution in [0.15, 0.2) is 24.3 Å². The lowest BCUT2D eigenvalue weighted by atomic mass is 10.1. The van der Waals surface area contributed by atoms with Crippen molar-refractivity contribution < 1.29 is 14.7 Å². The third-order valence-electron chi connectivity index (χ3n) is 2.80. The first-order chi connectivity index (χ1) is 8.99. The third-order valence-corrected chi connectivity index (χ3v) is 2.80. The number of rotatable bonds is 6. The molecule has 1 aromatic rings. The SMILES string of the molecule is Cc1ccccc1CCNC(=O)NC(C)CC(=O)O. The van der Waals surface area contributed by atoms with Crippen molar-refractivity contribution in [1.82, 2.24) is 10.6 Å². The lowest BCUT2D eigenvalue weighted by molar-refractivity contribution is -0.137. The van der Waals surface area contributed by atoms with E-state index in [-0.39, 0.29) is 18.5 Å². The van der Waals surface area contributed by atoms with E-state index in [9.17, 15) is 9.59 Å². The quantitative estimate of drug-likeness (QED) is 0.731. The molecule has 104 valence electrons. The molecule has 0 saturated heterocycles. The molecule has 3 N–H and O–H groups in total. The molecule has 0 aromatic heterocycles. The highest BCUT2D eigenvalue weighted by Gasteiger charge is 2.10. The van der Waals surface area contributed by atoms with Crippen LogP contribution in [0.2, 0.25) is 0 Å². The number of hydrogen-bond donors (Lipinski definition) is 3. The average Bonchev–Trinajstić information content (AvgIpc) is 2.30. The average molecular weight is 264 g/mol. The molecule has 0 aliphatic rings. The summed E-state index contributed by atoms with van der Waals surface area (Å²) in [5.41, 5.74) is 2.39. The second kappa shape index (κ2) is 7.41. The number of aliphatic carboxylic acids is 1. The smallest absolute Gasteiger partial charge is 0.315 e. The number of urea groups is 1. The van der Waals surface area contributed by atoms with Gasteiger partial charge in [0.15, 0.2) is 0 Å². The Labute approximate surface area is 113 Å². The van der Waals surface area contributed by atoms with E-state index in [1.165, 1.54) is 11.1 Å². The number of nitrogens with one attached hydrogen (secondary N) is 2. The van der Waals surface area contributed by atoms with Gasteiger partial charge >= 0.3 is 12.0 Å². The van der Waals surface area contributed by atoms with Gasteiger partial charge < -0.3 is 15.7 Å². The van der Waals surface area contributed by atoms with Crippen molar-refractivity contribution in [2.75, 3.05) is 6.54 Å². The summed E-state index contributed by atoms with van der Waals surface area (Å²) in [6.07, 6.45) is 0.679. The van der Waals surface area contributed by atoms with Gasteiger partial charge in [0.1, 0.15) is 0 Å². The largest absolute Gasteiger partial charge is 0.481 e. The predicted octanol–water partition coefficient (Wildman–Crippen LogP) is 1.70. The topological polar surface area (TPSA) is 78.4 Å². The molecule has 0 bridgehead atoms. The summed E-state index contributed by atoms with van der Waals surface area (Å²) in [5, 5.41) is 13.9. The van der Waals surface area contributed by atoms with E-state index in [0.717, 1.165) is 6.42 Å². The van der Waals surface area contributed by atoms with Crippen LogP contribution in [0.1, 0.15) is 24.5 Å². The van der Waals surface area contributed by atoms with Crippen LogP contribution < -0.4 is 10.6 Å². The molecule has 2 amide bonds. The first-order valence-electron chi connectivity index (χ1n) is 6.29. The van der Waals surface area contributed by atoms with Gasteiger partial charge in [0.25, 0.3) is 0 Å². The van der Waals surface area contributed by atoms with E-state index in [2.05, 4.69) is 10.6 Å². The Kier molecular flexibility index (Phi) is 5.85. The fourth-order valence-electron chi connectivity index (χ4n) is 1.79. The van der Waals surface area contributed by atoms with Gasteiger partial charge in [0.2, 0.25) is 0 Å². The van der Waals surface area contributed by atoms with E-state index < -0.39 is 5.97 Å². The van der Waals surface area contributed by atoms with Crippen molar-refractivity contribution in [2.45, 2.75) is 32.7 Å². The maximum Gasteiger partial charge on any atom is 0.315 e. The summed E-state index contributed by atoms with van der Waals surface area (Å²) in [5.74, 6) is -0.923. The molecule has 1 atom stereocenters. The van der Waals surface area contributed by atoms with Gasteiger partial charge in [-0.1, -0.05) is 24.3 Å². The second-order valence-electron chi connectivity index (χ2n) is 4.58. The van der Waals surface area contributed by atoms with E-state index >= 15 is 0 Å².